The maximum Gasteiger partial charge on any atom is 0.418 e. The fourth-order valence-electron chi connectivity index (χ4n) is 6.41. The lowest BCUT2D eigenvalue weighted by Gasteiger charge is -2.36. The maximum absolute atomic E-state index is 14.0. The number of carbonyl (C=O) groups excluding carboxylic acids is 2. The molecule has 5 aromatic rings. The standard InChI is InChI=1S/C42H41F3N4O5S2/c1-3-54-34-9-7-8-31(27-34)37-18-14-32(26-29(37)2)41(51)49-23-21-48(22-24-49)33-15-12-30(13-16-33)40(50)47-56(52,53)36-17-19-39(38(28-36)42(43,44)45)46-20-25-55-35-10-5-4-6-11-35/h4-19,26-28,46H,3,20-25H2,1-2H3,(H,47,50). The van der Waals surface area contributed by atoms with Crippen LogP contribution in [0.1, 0.15) is 38.8 Å². The lowest BCUT2D eigenvalue weighted by atomic mass is 9.97. The van der Waals surface area contributed by atoms with Gasteiger partial charge in [0.05, 0.1) is 17.1 Å². The van der Waals surface area contributed by atoms with Crippen molar-refractivity contribution in [2.75, 3.05) is 55.3 Å². The molecule has 14 heteroatoms. The zero-order valence-corrected chi connectivity index (χ0v) is 32.4. The van der Waals surface area contributed by atoms with Gasteiger partial charge < -0.3 is 19.9 Å². The van der Waals surface area contributed by atoms with E-state index in [1.54, 1.807) is 17.0 Å². The van der Waals surface area contributed by atoms with Crippen LogP contribution in [0.2, 0.25) is 0 Å². The van der Waals surface area contributed by atoms with Gasteiger partial charge in [-0.2, -0.15) is 13.2 Å². The molecule has 1 aliphatic heterocycles. The minimum absolute atomic E-state index is 0.0137. The summed E-state index contributed by atoms with van der Waals surface area (Å²) in [6.07, 6.45) is -4.85. The van der Waals surface area contributed by atoms with Gasteiger partial charge in [-0.1, -0.05) is 36.4 Å². The predicted molar refractivity (Wildman–Crippen MR) is 214 cm³/mol. The molecule has 1 saturated heterocycles. The summed E-state index contributed by atoms with van der Waals surface area (Å²) in [5.74, 6) is 0.216. The Kier molecular flexibility index (Phi) is 12.6. The van der Waals surface area contributed by atoms with Crippen LogP contribution in [0.3, 0.4) is 0 Å². The Bertz CT molecular complexity index is 2280. The van der Waals surface area contributed by atoms with Crippen molar-refractivity contribution in [3.63, 3.8) is 0 Å². The van der Waals surface area contributed by atoms with E-state index in [0.717, 1.165) is 45.2 Å². The molecule has 0 spiro atoms. The average molecular weight is 803 g/mol. The van der Waals surface area contributed by atoms with Crippen LogP contribution in [-0.4, -0.2) is 70.2 Å². The number of carbonyl (C=O) groups is 2. The Morgan fingerprint density at radius 3 is 2.21 bits per heavy atom. The topological polar surface area (TPSA) is 108 Å². The van der Waals surface area contributed by atoms with E-state index in [4.69, 9.17) is 4.74 Å². The van der Waals surface area contributed by atoms with Gasteiger partial charge in [-0.15, -0.1) is 11.8 Å². The second kappa shape index (κ2) is 17.5. The number of aryl methyl sites for hydroxylation is 1. The molecule has 2 amide bonds. The summed E-state index contributed by atoms with van der Waals surface area (Å²) < 4.78 is 75.7. The molecule has 0 aromatic heterocycles. The number of thioether (sulfide) groups is 1. The van der Waals surface area contributed by atoms with Crippen LogP contribution in [0, 0.1) is 6.92 Å². The predicted octanol–water partition coefficient (Wildman–Crippen LogP) is 8.36. The first-order chi connectivity index (χ1) is 26.8. The third kappa shape index (κ3) is 9.84. The molecule has 2 N–H and O–H groups in total. The number of rotatable bonds is 13. The van der Waals surface area contributed by atoms with Gasteiger partial charge in [-0.05, 0) is 109 Å². The van der Waals surface area contributed by atoms with Gasteiger partial charge >= 0.3 is 6.18 Å². The Morgan fingerprint density at radius 2 is 1.54 bits per heavy atom. The number of hydrogen-bond donors (Lipinski definition) is 2. The van der Waals surface area contributed by atoms with Crippen molar-refractivity contribution in [3.05, 3.63) is 138 Å². The highest BCUT2D eigenvalue weighted by Gasteiger charge is 2.35. The smallest absolute Gasteiger partial charge is 0.418 e. The third-order valence-corrected chi connectivity index (χ3v) is 11.6. The van der Waals surface area contributed by atoms with Crippen molar-refractivity contribution in [2.45, 2.75) is 29.8 Å². The first kappa shape index (κ1) is 40.2. The fraction of sp³-hybridized carbons (Fsp3) is 0.238. The average Bonchev–Trinajstić information content (AvgIpc) is 3.19. The SMILES string of the molecule is CCOc1cccc(-c2ccc(C(=O)N3CCN(c4ccc(C(=O)NS(=O)(=O)c5ccc(NCCSc6ccccc6)c(C(F)(F)F)c5)cc4)CC3)cc2C)c1. The Hall–Kier alpha value is -5.47. The highest BCUT2D eigenvalue weighted by Crippen LogP contribution is 2.36. The van der Waals surface area contributed by atoms with Crippen molar-refractivity contribution in [2.24, 2.45) is 0 Å². The lowest BCUT2D eigenvalue weighted by molar-refractivity contribution is -0.137. The van der Waals surface area contributed by atoms with Crippen LogP contribution in [0.25, 0.3) is 11.1 Å². The molecule has 1 fully saturated rings. The summed E-state index contributed by atoms with van der Waals surface area (Å²) in [4.78, 5) is 30.6. The van der Waals surface area contributed by atoms with Crippen molar-refractivity contribution in [1.29, 1.82) is 0 Å². The normalized spacial score (nSPS) is 13.3. The molecular weight excluding hydrogens is 762 g/mol. The van der Waals surface area contributed by atoms with E-state index in [0.29, 0.717) is 50.2 Å². The van der Waals surface area contributed by atoms with Gasteiger partial charge in [0.1, 0.15) is 5.75 Å². The molecule has 0 bridgehead atoms. The number of piperazine rings is 1. The number of sulfonamides is 1. The van der Waals surface area contributed by atoms with E-state index in [1.807, 2.05) is 91.4 Å². The lowest BCUT2D eigenvalue weighted by Crippen LogP contribution is -2.48. The molecule has 0 aliphatic carbocycles. The van der Waals surface area contributed by atoms with Gasteiger partial charge in [0.2, 0.25) is 0 Å². The van der Waals surface area contributed by atoms with Gasteiger partial charge in [0.25, 0.3) is 21.8 Å². The van der Waals surface area contributed by atoms with E-state index < -0.39 is 32.6 Å². The van der Waals surface area contributed by atoms with Gasteiger partial charge in [-0.25, -0.2) is 13.1 Å². The van der Waals surface area contributed by atoms with Gasteiger partial charge in [0.15, 0.2) is 0 Å². The maximum atomic E-state index is 14.0. The molecule has 1 heterocycles. The number of alkyl halides is 3. The molecule has 6 rings (SSSR count). The Morgan fingerprint density at radius 1 is 0.821 bits per heavy atom. The summed E-state index contributed by atoms with van der Waals surface area (Å²) in [6, 6.07) is 31.8. The van der Waals surface area contributed by atoms with E-state index in [9.17, 15) is 31.2 Å². The van der Waals surface area contributed by atoms with Crippen LogP contribution < -0.4 is 19.7 Å². The van der Waals surface area contributed by atoms with E-state index in [1.165, 1.54) is 23.9 Å². The van der Waals surface area contributed by atoms with Gasteiger partial charge in [0, 0.05) is 65.9 Å². The fourth-order valence-corrected chi connectivity index (χ4v) is 8.19. The molecule has 0 saturated carbocycles. The van der Waals surface area contributed by atoms with Crippen molar-refractivity contribution in [1.82, 2.24) is 9.62 Å². The first-order valence-corrected chi connectivity index (χ1v) is 20.5. The van der Waals surface area contributed by atoms with E-state index >= 15 is 0 Å². The van der Waals surface area contributed by atoms with Crippen molar-refractivity contribution >= 4 is 45.0 Å². The second-order valence-corrected chi connectivity index (χ2v) is 15.9. The summed E-state index contributed by atoms with van der Waals surface area (Å²) in [6.45, 7) is 6.69. The largest absolute Gasteiger partial charge is 0.494 e. The number of benzene rings is 5. The number of amides is 2. The highest BCUT2D eigenvalue weighted by molar-refractivity contribution is 7.99. The number of ether oxygens (including phenoxy) is 1. The highest BCUT2D eigenvalue weighted by atomic mass is 32.2. The van der Waals surface area contributed by atoms with E-state index in [2.05, 4.69) is 10.2 Å². The summed E-state index contributed by atoms with van der Waals surface area (Å²) in [5, 5.41) is 2.75. The zero-order valence-electron chi connectivity index (χ0n) is 30.8. The molecule has 56 heavy (non-hydrogen) atoms. The Labute approximate surface area is 328 Å². The summed E-state index contributed by atoms with van der Waals surface area (Å²) in [7, 11) is -4.64. The number of nitrogens with one attached hydrogen (secondary N) is 2. The molecular formula is C42H41F3N4O5S2. The van der Waals surface area contributed by atoms with Crippen molar-refractivity contribution < 1.29 is 35.9 Å². The van der Waals surface area contributed by atoms with Crippen LogP contribution in [0.4, 0.5) is 24.5 Å². The summed E-state index contributed by atoms with van der Waals surface area (Å²) in [5.41, 5.74) is 2.96. The molecule has 9 nitrogen and oxygen atoms in total. The number of hydrogen-bond acceptors (Lipinski definition) is 8. The monoisotopic (exact) mass is 802 g/mol. The molecule has 1 aliphatic rings. The molecule has 0 atom stereocenters. The first-order valence-electron chi connectivity index (χ1n) is 18.0. The van der Waals surface area contributed by atoms with Crippen LogP contribution in [0.5, 0.6) is 5.75 Å². The minimum atomic E-state index is -4.85. The van der Waals surface area contributed by atoms with Crippen LogP contribution in [-0.2, 0) is 16.2 Å². The zero-order chi connectivity index (χ0) is 39.9. The molecule has 5 aromatic carbocycles. The number of anilines is 2. The van der Waals surface area contributed by atoms with E-state index in [-0.39, 0.29) is 23.7 Å². The quantitative estimate of drug-likeness (QED) is 0.0904. The third-order valence-electron chi connectivity index (χ3n) is 9.25. The summed E-state index contributed by atoms with van der Waals surface area (Å²) >= 11 is 1.47. The minimum Gasteiger partial charge on any atom is -0.494 e. The van der Waals surface area contributed by atoms with Crippen LogP contribution >= 0.6 is 11.8 Å². The molecule has 0 radical (unpaired) electrons. The Balaban J connectivity index is 1.03. The second-order valence-electron chi connectivity index (χ2n) is 13.0. The molecule has 292 valence electrons. The molecule has 0 unspecified atom stereocenters. The number of halogens is 3. The van der Waals surface area contributed by atoms with Crippen molar-refractivity contribution in [3.8, 4) is 16.9 Å². The number of nitrogens with zero attached hydrogens (tertiary/aromatic N) is 2. The van der Waals surface area contributed by atoms with Gasteiger partial charge in [-0.3, -0.25) is 9.59 Å². The van der Waals surface area contributed by atoms with Crippen LogP contribution in [0.15, 0.2) is 125 Å².